The molecular formula is C20H25ClN4O. The minimum atomic E-state index is 0.275. The number of benzene rings is 1. The molecule has 0 bridgehead atoms. The van der Waals surface area contributed by atoms with Crippen LogP contribution in [-0.4, -0.2) is 59.0 Å². The first-order chi connectivity index (χ1) is 12.6. The number of carbonyl (C=O) groups excluding carboxylic acids is 1. The number of anilines is 1. The van der Waals surface area contributed by atoms with E-state index in [1.807, 2.05) is 23.1 Å². The maximum absolute atomic E-state index is 12.5. The minimum absolute atomic E-state index is 0.275. The summed E-state index contributed by atoms with van der Waals surface area (Å²) in [6, 6.07) is 8.76. The van der Waals surface area contributed by atoms with E-state index < -0.39 is 0 Å². The zero-order valence-electron chi connectivity index (χ0n) is 15.1. The van der Waals surface area contributed by atoms with Crippen LogP contribution < -0.4 is 5.32 Å². The summed E-state index contributed by atoms with van der Waals surface area (Å²) in [7, 11) is 0. The Morgan fingerprint density at radius 3 is 3.04 bits per heavy atom. The van der Waals surface area contributed by atoms with Gasteiger partial charge in [0.1, 0.15) is 0 Å². The van der Waals surface area contributed by atoms with Crippen molar-refractivity contribution in [3.63, 3.8) is 0 Å². The second-order valence-corrected chi connectivity index (χ2v) is 7.91. The topological polar surface area (TPSA) is 48.5 Å². The van der Waals surface area contributed by atoms with Crippen LogP contribution in [0.15, 0.2) is 30.5 Å². The Hall–Kier alpha value is -1.85. The molecule has 0 spiro atoms. The molecule has 4 rings (SSSR count). The number of rotatable bonds is 4. The van der Waals surface area contributed by atoms with E-state index in [2.05, 4.69) is 28.2 Å². The lowest BCUT2D eigenvalue weighted by molar-refractivity contribution is -0.132. The van der Waals surface area contributed by atoms with Crippen LogP contribution in [0.4, 0.5) is 5.69 Å². The van der Waals surface area contributed by atoms with Gasteiger partial charge in [-0.1, -0.05) is 17.7 Å². The van der Waals surface area contributed by atoms with Crippen LogP contribution in [0.25, 0.3) is 10.9 Å². The van der Waals surface area contributed by atoms with Gasteiger partial charge in [0, 0.05) is 49.0 Å². The summed E-state index contributed by atoms with van der Waals surface area (Å²) in [6.07, 6.45) is 4.98. The average Bonchev–Trinajstić information content (AvgIpc) is 3.24. The van der Waals surface area contributed by atoms with Gasteiger partial charge >= 0.3 is 0 Å². The van der Waals surface area contributed by atoms with E-state index in [-0.39, 0.29) is 5.91 Å². The first-order valence-electron chi connectivity index (χ1n) is 9.43. The average molecular weight is 373 g/mol. The number of amides is 1. The van der Waals surface area contributed by atoms with Crippen molar-refractivity contribution in [2.75, 3.05) is 31.5 Å². The Labute approximate surface area is 159 Å². The van der Waals surface area contributed by atoms with Gasteiger partial charge in [0.25, 0.3) is 0 Å². The number of halogens is 1. The molecule has 6 heteroatoms. The van der Waals surface area contributed by atoms with E-state index in [0.29, 0.717) is 23.7 Å². The first kappa shape index (κ1) is 17.6. The highest BCUT2D eigenvalue weighted by Gasteiger charge is 2.29. The van der Waals surface area contributed by atoms with Gasteiger partial charge in [-0.25, -0.2) is 0 Å². The number of nitrogens with zero attached hydrogens (tertiary/aromatic N) is 3. The summed E-state index contributed by atoms with van der Waals surface area (Å²) >= 11 is 6.12. The third-order valence-electron chi connectivity index (χ3n) is 5.56. The smallest absolute Gasteiger partial charge is 0.236 e. The Balaban J connectivity index is 1.39. The predicted molar refractivity (Wildman–Crippen MR) is 106 cm³/mol. The number of fused-ring (bicyclic) bond motifs is 1. The van der Waals surface area contributed by atoms with Crippen molar-refractivity contribution >= 4 is 34.1 Å². The number of carbonyl (C=O) groups is 1. The van der Waals surface area contributed by atoms with E-state index in [1.54, 1.807) is 6.20 Å². The van der Waals surface area contributed by atoms with Crippen LogP contribution in [-0.2, 0) is 4.79 Å². The molecule has 26 heavy (non-hydrogen) atoms. The molecule has 2 saturated heterocycles. The number of likely N-dealkylation sites (tertiary alicyclic amines) is 2. The Bertz CT molecular complexity index is 811. The normalized spacial score (nSPS) is 23.7. The number of hydrogen-bond donors (Lipinski definition) is 1. The zero-order chi connectivity index (χ0) is 18.1. The van der Waals surface area contributed by atoms with Gasteiger partial charge < -0.3 is 10.2 Å². The molecule has 5 nitrogen and oxygen atoms in total. The van der Waals surface area contributed by atoms with Gasteiger partial charge in [-0.2, -0.15) is 0 Å². The fourth-order valence-electron chi connectivity index (χ4n) is 4.15. The molecule has 138 valence electrons. The molecule has 3 heterocycles. The second kappa shape index (κ2) is 7.41. The summed E-state index contributed by atoms with van der Waals surface area (Å²) in [4.78, 5) is 21.2. The molecule has 0 aliphatic carbocycles. The van der Waals surface area contributed by atoms with Crippen LogP contribution in [0.2, 0.25) is 5.02 Å². The fourth-order valence-corrected chi connectivity index (χ4v) is 4.31. The molecule has 2 aliphatic heterocycles. The van der Waals surface area contributed by atoms with Crippen molar-refractivity contribution in [1.29, 1.82) is 0 Å². The molecule has 2 aliphatic rings. The fraction of sp³-hybridized carbons (Fsp3) is 0.500. The van der Waals surface area contributed by atoms with E-state index in [1.165, 1.54) is 0 Å². The van der Waals surface area contributed by atoms with Crippen LogP contribution >= 0.6 is 11.6 Å². The highest BCUT2D eigenvalue weighted by Crippen LogP contribution is 2.27. The summed E-state index contributed by atoms with van der Waals surface area (Å²) in [6.45, 7) is 5.44. The monoisotopic (exact) mass is 372 g/mol. The third-order valence-corrected chi connectivity index (χ3v) is 5.76. The lowest BCUT2D eigenvalue weighted by Gasteiger charge is -2.25. The molecule has 0 unspecified atom stereocenters. The lowest BCUT2D eigenvalue weighted by Crippen LogP contribution is -2.41. The highest BCUT2D eigenvalue weighted by atomic mass is 35.5. The Morgan fingerprint density at radius 2 is 2.23 bits per heavy atom. The van der Waals surface area contributed by atoms with Gasteiger partial charge in [0.15, 0.2) is 0 Å². The van der Waals surface area contributed by atoms with Crippen molar-refractivity contribution in [3.8, 4) is 0 Å². The molecular weight excluding hydrogens is 348 g/mol. The van der Waals surface area contributed by atoms with E-state index in [0.717, 1.165) is 55.5 Å². The molecule has 1 N–H and O–H groups in total. The summed E-state index contributed by atoms with van der Waals surface area (Å²) < 4.78 is 0. The van der Waals surface area contributed by atoms with Gasteiger partial charge in [-0.05, 0) is 44.4 Å². The number of aromatic nitrogens is 1. The van der Waals surface area contributed by atoms with Crippen molar-refractivity contribution < 1.29 is 4.79 Å². The molecule has 2 atom stereocenters. The van der Waals surface area contributed by atoms with Crippen LogP contribution in [0.1, 0.15) is 26.2 Å². The van der Waals surface area contributed by atoms with E-state index >= 15 is 0 Å². The molecule has 2 fully saturated rings. The largest absolute Gasteiger partial charge is 0.380 e. The first-order valence-corrected chi connectivity index (χ1v) is 9.80. The van der Waals surface area contributed by atoms with Crippen LogP contribution in [0.5, 0.6) is 0 Å². The number of nitrogens with one attached hydrogen (secondary N) is 1. The van der Waals surface area contributed by atoms with Gasteiger partial charge in [-0.3, -0.25) is 14.7 Å². The quantitative estimate of drug-likeness (QED) is 0.893. The molecule has 2 aromatic rings. The molecule has 0 radical (unpaired) electrons. The standard InChI is InChI=1S/C20H25ClN4O/c1-14-4-3-8-25(14)20(26)13-24-9-7-16(12-24)23-19-6-2-5-18-17(19)10-15(21)11-22-18/h2,5-6,10-11,14,16,23H,3-4,7-9,12-13H2,1H3/t14-,16-/m1/s1. The molecule has 1 aromatic carbocycles. The molecule has 0 saturated carbocycles. The van der Waals surface area contributed by atoms with Crippen molar-refractivity contribution in [1.82, 2.24) is 14.8 Å². The Morgan fingerprint density at radius 1 is 1.35 bits per heavy atom. The SMILES string of the molecule is C[C@@H]1CCCN1C(=O)CN1CC[C@@H](Nc2cccc3ncc(Cl)cc23)C1. The van der Waals surface area contributed by atoms with Gasteiger partial charge in [0.2, 0.25) is 5.91 Å². The Kier molecular flexibility index (Phi) is 5.00. The van der Waals surface area contributed by atoms with Crippen molar-refractivity contribution in [2.45, 2.75) is 38.3 Å². The van der Waals surface area contributed by atoms with E-state index in [4.69, 9.17) is 11.6 Å². The third kappa shape index (κ3) is 3.64. The summed E-state index contributed by atoms with van der Waals surface area (Å²) in [5.41, 5.74) is 2.00. The highest BCUT2D eigenvalue weighted by molar-refractivity contribution is 6.31. The van der Waals surface area contributed by atoms with Crippen molar-refractivity contribution in [3.05, 3.63) is 35.5 Å². The second-order valence-electron chi connectivity index (χ2n) is 7.47. The molecule has 1 amide bonds. The maximum Gasteiger partial charge on any atom is 0.236 e. The predicted octanol–water partition coefficient (Wildman–Crippen LogP) is 3.39. The van der Waals surface area contributed by atoms with Gasteiger partial charge in [-0.15, -0.1) is 0 Å². The maximum atomic E-state index is 12.5. The number of hydrogen-bond acceptors (Lipinski definition) is 4. The van der Waals surface area contributed by atoms with E-state index in [9.17, 15) is 4.79 Å². The van der Waals surface area contributed by atoms with Gasteiger partial charge in [0.05, 0.1) is 17.1 Å². The summed E-state index contributed by atoms with van der Waals surface area (Å²) in [5.74, 6) is 0.275. The minimum Gasteiger partial charge on any atom is -0.380 e. The summed E-state index contributed by atoms with van der Waals surface area (Å²) in [5, 5.41) is 5.31. The number of pyridine rings is 1. The lowest BCUT2D eigenvalue weighted by atomic mass is 10.1. The van der Waals surface area contributed by atoms with Crippen LogP contribution in [0.3, 0.4) is 0 Å². The molecule has 1 aromatic heterocycles. The zero-order valence-corrected chi connectivity index (χ0v) is 15.9. The van der Waals surface area contributed by atoms with Crippen molar-refractivity contribution in [2.24, 2.45) is 0 Å². The van der Waals surface area contributed by atoms with Crippen LogP contribution in [0, 0.1) is 0 Å².